The van der Waals surface area contributed by atoms with Crippen LogP contribution in [0.1, 0.15) is 67.2 Å². The third-order valence-electron chi connectivity index (χ3n) is 6.89. The number of Topliss-reactive ketones (excluding diaryl/α,β-unsaturated/α-hetero) is 1. The van der Waals surface area contributed by atoms with Crippen molar-refractivity contribution in [2.24, 2.45) is 40.9 Å². The summed E-state index contributed by atoms with van der Waals surface area (Å²) in [5, 5.41) is 0. The smallest absolute Gasteiger partial charge is 0.155 e. The second-order valence-corrected chi connectivity index (χ2v) is 8.81. The summed E-state index contributed by atoms with van der Waals surface area (Å²) < 4.78 is 0. The summed E-state index contributed by atoms with van der Waals surface area (Å²) in [4.78, 5) is 24.0. The lowest BCUT2D eigenvalue weighted by Crippen LogP contribution is -2.30. The molecule has 0 saturated heterocycles. The van der Waals surface area contributed by atoms with Gasteiger partial charge >= 0.3 is 0 Å². The fraction of sp³-hybridized carbons (Fsp3) is 0.810. The molecule has 2 heteroatoms. The van der Waals surface area contributed by atoms with Crippen molar-refractivity contribution in [3.8, 4) is 0 Å². The van der Waals surface area contributed by atoms with Crippen molar-refractivity contribution in [2.45, 2.75) is 67.2 Å². The van der Waals surface area contributed by atoms with Gasteiger partial charge in [-0.15, -0.1) is 0 Å². The average molecular weight is 319 g/mol. The maximum atomic E-state index is 12.7. The SMILES string of the molecule is CC(C)C(C)C(=O)C(C)C1(C)CC1C(C)CC1C=CC(=O)CC1. The van der Waals surface area contributed by atoms with E-state index in [4.69, 9.17) is 0 Å². The highest BCUT2D eigenvalue weighted by Gasteiger charge is 2.57. The first-order valence-electron chi connectivity index (χ1n) is 9.41. The van der Waals surface area contributed by atoms with Crippen LogP contribution in [0.3, 0.4) is 0 Å². The molecule has 23 heavy (non-hydrogen) atoms. The largest absolute Gasteiger partial charge is 0.299 e. The predicted molar refractivity (Wildman–Crippen MR) is 95.0 cm³/mol. The fourth-order valence-corrected chi connectivity index (χ4v) is 4.40. The lowest BCUT2D eigenvalue weighted by molar-refractivity contribution is -0.129. The van der Waals surface area contributed by atoms with Gasteiger partial charge in [0.25, 0.3) is 0 Å². The van der Waals surface area contributed by atoms with Crippen LogP contribution in [0.5, 0.6) is 0 Å². The molecule has 0 amide bonds. The molecule has 2 aliphatic rings. The highest BCUT2D eigenvalue weighted by atomic mass is 16.1. The molecule has 2 rings (SSSR count). The van der Waals surface area contributed by atoms with Crippen molar-refractivity contribution in [2.75, 3.05) is 0 Å². The van der Waals surface area contributed by atoms with Gasteiger partial charge in [-0.25, -0.2) is 0 Å². The lowest BCUT2D eigenvalue weighted by atomic mass is 9.76. The van der Waals surface area contributed by atoms with Gasteiger partial charge in [0.1, 0.15) is 5.78 Å². The molecule has 0 spiro atoms. The Hall–Kier alpha value is -0.920. The van der Waals surface area contributed by atoms with Crippen molar-refractivity contribution in [3.05, 3.63) is 12.2 Å². The van der Waals surface area contributed by atoms with E-state index in [9.17, 15) is 9.59 Å². The molecule has 0 aromatic rings. The molecule has 2 nitrogen and oxygen atoms in total. The minimum absolute atomic E-state index is 0.158. The molecule has 0 bridgehead atoms. The van der Waals surface area contributed by atoms with E-state index in [-0.39, 0.29) is 23.0 Å². The van der Waals surface area contributed by atoms with Crippen molar-refractivity contribution in [1.29, 1.82) is 0 Å². The first-order chi connectivity index (χ1) is 10.7. The monoisotopic (exact) mass is 318 g/mol. The van der Waals surface area contributed by atoms with Gasteiger partial charge in [0, 0.05) is 18.3 Å². The Bertz CT molecular complexity index is 490. The van der Waals surface area contributed by atoms with E-state index in [0.29, 0.717) is 35.9 Å². The molecule has 2 aliphatic carbocycles. The van der Waals surface area contributed by atoms with Crippen LogP contribution in [0.25, 0.3) is 0 Å². The molecule has 0 radical (unpaired) electrons. The number of ketones is 2. The van der Waals surface area contributed by atoms with E-state index in [1.807, 2.05) is 0 Å². The van der Waals surface area contributed by atoms with Crippen LogP contribution in [0.4, 0.5) is 0 Å². The van der Waals surface area contributed by atoms with Crippen molar-refractivity contribution in [1.82, 2.24) is 0 Å². The predicted octanol–water partition coefficient (Wildman–Crippen LogP) is 5.07. The molecular weight excluding hydrogens is 284 g/mol. The van der Waals surface area contributed by atoms with Crippen molar-refractivity contribution >= 4 is 11.6 Å². The van der Waals surface area contributed by atoms with Crippen LogP contribution in [0, 0.1) is 40.9 Å². The zero-order chi connectivity index (χ0) is 17.4. The van der Waals surface area contributed by atoms with E-state index in [2.05, 4.69) is 47.6 Å². The molecule has 0 aliphatic heterocycles. The summed E-state index contributed by atoms with van der Waals surface area (Å²) >= 11 is 0. The molecule has 1 saturated carbocycles. The number of hydrogen-bond donors (Lipinski definition) is 0. The average Bonchev–Trinajstić information content (AvgIpc) is 3.20. The van der Waals surface area contributed by atoms with E-state index < -0.39 is 0 Å². The Morgan fingerprint density at radius 3 is 2.43 bits per heavy atom. The standard InChI is InChI=1S/C21H34O2/c1-13(2)15(4)20(23)16(5)21(6)12-19(21)14(3)11-17-7-9-18(22)10-8-17/h7,9,13-17,19H,8,10-12H2,1-6H3. The first kappa shape index (κ1) is 18.4. The first-order valence-corrected chi connectivity index (χ1v) is 9.41. The van der Waals surface area contributed by atoms with Crippen LogP contribution >= 0.6 is 0 Å². The third kappa shape index (κ3) is 3.95. The highest BCUT2D eigenvalue weighted by Crippen LogP contribution is 2.62. The third-order valence-corrected chi connectivity index (χ3v) is 6.89. The molecule has 6 unspecified atom stereocenters. The molecule has 0 aromatic carbocycles. The minimum Gasteiger partial charge on any atom is -0.299 e. The second kappa shape index (κ2) is 6.91. The van der Waals surface area contributed by atoms with Crippen LogP contribution in [0.15, 0.2) is 12.2 Å². The van der Waals surface area contributed by atoms with Crippen LogP contribution in [-0.2, 0) is 9.59 Å². The van der Waals surface area contributed by atoms with E-state index in [1.165, 1.54) is 6.42 Å². The summed E-state index contributed by atoms with van der Waals surface area (Å²) in [7, 11) is 0. The van der Waals surface area contributed by atoms with Crippen LogP contribution in [0.2, 0.25) is 0 Å². The molecule has 1 fully saturated rings. The summed E-state index contributed by atoms with van der Waals surface area (Å²) in [6.45, 7) is 13.2. The summed E-state index contributed by atoms with van der Waals surface area (Å²) in [6.07, 6.45) is 7.92. The molecule has 6 atom stereocenters. The zero-order valence-electron chi connectivity index (χ0n) is 15.8. The van der Waals surface area contributed by atoms with E-state index in [0.717, 1.165) is 12.8 Å². The molecule has 0 heterocycles. The second-order valence-electron chi connectivity index (χ2n) is 8.81. The van der Waals surface area contributed by atoms with Gasteiger partial charge in [-0.05, 0) is 54.4 Å². The minimum atomic E-state index is 0.158. The van der Waals surface area contributed by atoms with Gasteiger partial charge in [-0.3, -0.25) is 9.59 Å². The normalized spacial score (nSPS) is 34.3. The quantitative estimate of drug-likeness (QED) is 0.656. The maximum Gasteiger partial charge on any atom is 0.155 e. The highest BCUT2D eigenvalue weighted by molar-refractivity contribution is 5.90. The zero-order valence-corrected chi connectivity index (χ0v) is 15.8. The molecular formula is C21H34O2. The Labute approximate surface area is 142 Å². The van der Waals surface area contributed by atoms with Gasteiger partial charge < -0.3 is 0 Å². The Kier molecular flexibility index (Phi) is 5.53. The lowest BCUT2D eigenvalue weighted by Gasteiger charge is -2.27. The Morgan fingerprint density at radius 1 is 1.26 bits per heavy atom. The maximum absolute atomic E-state index is 12.7. The number of carbonyl (C=O) groups is 2. The number of allylic oxidation sites excluding steroid dienone is 2. The molecule has 0 aromatic heterocycles. The van der Waals surface area contributed by atoms with E-state index >= 15 is 0 Å². The van der Waals surface area contributed by atoms with Crippen LogP contribution < -0.4 is 0 Å². The van der Waals surface area contributed by atoms with Crippen molar-refractivity contribution < 1.29 is 9.59 Å². The van der Waals surface area contributed by atoms with Gasteiger partial charge in [0.05, 0.1) is 0 Å². The topological polar surface area (TPSA) is 34.1 Å². The number of carbonyl (C=O) groups excluding carboxylic acids is 2. The summed E-state index contributed by atoms with van der Waals surface area (Å²) in [5.41, 5.74) is 0.188. The van der Waals surface area contributed by atoms with Gasteiger partial charge in [0.2, 0.25) is 0 Å². The Morgan fingerprint density at radius 2 is 1.91 bits per heavy atom. The number of rotatable bonds is 7. The molecule has 130 valence electrons. The number of hydrogen-bond acceptors (Lipinski definition) is 2. The summed E-state index contributed by atoms with van der Waals surface area (Å²) in [5.74, 6) is 3.30. The van der Waals surface area contributed by atoms with Gasteiger partial charge in [-0.1, -0.05) is 47.6 Å². The Balaban J connectivity index is 1.92. The molecule has 0 N–H and O–H groups in total. The summed E-state index contributed by atoms with van der Waals surface area (Å²) in [6, 6.07) is 0. The van der Waals surface area contributed by atoms with Crippen LogP contribution in [-0.4, -0.2) is 11.6 Å². The van der Waals surface area contributed by atoms with Gasteiger partial charge in [0.15, 0.2) is 5.78 Å². The van der Waals surface area contributed by atoms with Gasteiger partial charge in [-0.2, -0.15) is 0 Å². The fourth-order valence-electron chi connectivity index (χ4n) is 4.40. The van der Waals surface area contributed by atoms with E-state index in [1.54, 1.807) is 6.08 Å². The van der Waals surface area contributed by atoms with Crippen molar-refractivity contribution in [3.63, 3.8) is 0 Å².